The van der Waals surface area contributed by atoms with Gasteiger partial charge in [-0.2, -0.15) is 5.10 Å². The molecule has 0 radical (unpaired) electrons. The van der Waals surface area contributed by atoms with Gasteiger partial charge in [-0.15, -0.1) is 25.2 Å². The molecule has 0 aliphatic heterocycles. The molecule has 0 spiro atoms. The molecular weight excluding hydrogens is 520 g/mol. The van der Waals surface area contributed by atoms with Crippen molar-refractivity contribution in [3.05, 3.63) is 89.8 Å². The SMILES string of the molecule is O=C(Nc1ccc(S(=O)(=O)Nc2ccc(Cl)nn2)cc1)c1ccn(Cn2nnc(-c3ccccc3)n2)n1. The number of sulfonamides is 1. The topological polar surface area (TPSA) is 162 Å². The standard InChI is InChI=1S/C22H17ClN10O3S/c23-19-10-11-20(26-25-19)30-37(35,36)17-8-6-16(7-9-17)24-22(34)18-12-13-32(28-18)14-33-29-21(27-31-33)15-4-2-1-3-5-15/h1-13H,14H2,(H,24,34)(H,26,30). The third-order valence-corrected chi connectivity index (χ3v) is 6.50. The monoisotopic (exact) mass is 536 g/mol. The Kier molecular flexibility index (Phi) is 6.57. The first-order chi connectivity index (χ1) is 17.9. The highest BCUT2D eigenvalue weighted by Crippen LogP contribution is 2.18. The number of nitrogens with zero attached hydrogens (tertiary/aromatic N) is 8. The lowest BCUT2D eigenvalue weighted by molar-refractivity contribution is 0.102. The number of anilines is 2. The highest BCUT2D eigenvalue weighted by molar-refractivity contribution is 7.92. The van der Waals surface area contributed by atoms with E-state index in [1.54, 1.807) is 12.3 Å². The number of benzene rings is 2. The zero-order valence-electron chi connectivity index (χ0n) is 18.8. The third-order valence-electron chi connectivity index (χ3n) is 4.92. The van der Waals surface area contributed by atoms with Gasteiger partial charge >= 0.3 is 0 Å². The predicted octanol–water partition coefficient (Wildman–Crippen LogP) is 2.54. The van der Waals surface area contributed by atoms with E-state index in [0.717, 1.165) is 5.56 Å². The van der Waals surface area contributed by atoms with E-state index in [0.29, 0.717) is 11.5 Å². The van der Waals surface area contributed by atoms with Crippen molar-refractivity contribution >= 4 is 39.0 Å². The van der Waals surface area contributed by atoms with Crippen LogP contribution < -0.4 is 10.0 Å². The Morgan fingerprint density at radius 1 is 0.892 bits per heavy atom. The van der Waals surface area contributed by atoms with Crippen LogP contribution in [0.15, 0.2) is 83.9 Å². The van der Waals surface area contributed by atoms with Crippen molar-refractivity contribution in [2.75, 3.05) is 10.0 Å². The van der Waals surface area contributed by atoms with E-state index in [2.05, 4.69) is 40.7 Å². The zero-order valence-corrected chi connectivity index (χ0v) is 20.4. The summed E-state index contributed by atoms with van der Waals surface area (Å²) in [5.41, 5.74) is 1.38. The van der Waals surface area contributed by atoms with E-state index < -0.39 is 15.9 Å². The molecule has 13 nitrogen and oxygen atoms in total. The molecular formula is C22H17ClN10O3S. The van der Waals surface area contributed by atoms with Crippen LogP contribution in [0.4, 0.5) is 11.5 Å². The van der Waals surface area contributed by atoms with Crippen molar-refractivity contribution in [1.29, 1.82) is 0 Å². The molecule has 0 atom stereocenters. The zero-order chi connectivity index (χ0) is 25.8. The Labute approximate surface area is 215 Å². The minimum absolute atomic E-state index is 0.0229. The molecule has 1 amide bonds. The van der Waals surface area contributed by atoms with Gasteiger partial charge in [0.1, 0.15) is 0 Å². The highest BCUT2D eigenvalue weighted by atomic mass is 35.5. The fraction of sp³-hybridized carbons (Fsp3) is 0.0455. The second kappa shape index (κ2) is 10.1. The van der Waals surface area contributed by atoms with E-state index in [1.807, 2.05) is 30.3 Å². The Morgan fingerprint density at radius 3 is 2.41 bits per heavy atom. The summed E-state index contributed by atoms with van der Waals surface area (Å²) in [7, 11) is -3.91. The summed E-state index contributed by atoms with van der Waals surface area (Å²) in [4.78, 5) is 14.0. The number of amides is 1. The summed E-state index contributed by atoms with van der Waals surface area (Å²) in [6.45, 7) is 0.157. The number of hydrogen-bond donors (Lipinski definition) is 2. The first kappa shape index (κ1) is 24.0. The fourth-order valence-electron chi connectivity index (χ4n) is 3.18. The van der Waals surface area contributed by atoms with Crippen LogP contribution in [0.1, 0.15) is 10.5 Å². The van der Waals surface area contributed by atoms with Gasteiger partial charge in [0.25, 0.3) is 15.9 Å². The van der Waals surface area contributed by atoms with Gasteiger partial charge in [-0.05, 0) is 47.7 Å². The van der Waals surface area contributed by atoms with E-state index in [4.69, 9.17) is 11.6 Å². The number of aromatic nitrogens is 8. The molecule has 0 aliphatic carbocycles. The second-order valence-corrected chi connectivity index (χ2v) is 9.63. The van der Waals surface area contributed by atoms with E-state index in [9.17, 15) is 13.2 Å². The van der Waals surface area contributed by atoms with Crippen molar-refractivity contribution in [3.63, 3.8) is 0 Å². The molecule has 3 heterocycles. The van der Waals surface area contributed by atoms with Crippen LogP contribution in [0, 0.1) is 0 Å². The molecule has 2 aromatic carbocycles. The summed E-state index contributed by atoms with van der Waals surface area (Å²) in [5, 5.41) is 26.7. The molecule has 0 bridgehead atoms. The second-order valence-electron chi connectivity index (χ2n) is 7.56. The van der Waals surface area contributed by atoms with E-state index in [-0.39, 0.29) is 28.2 Å². The van der Waals surface area contributed by atoms with E-state index in [1.165, 1.54) is 45.9 Å². The predicted molar refractivity (Wildman–Crippen MR) is 133 cm³/mol. The number of tetrazole rings is 1. The van der Waals surface area contributed by atoms with Gasteiger partial charge < -0.3 is 5.32 Å². The van der Waals surface area contributed by atoms with Crippen molar-refractivity contribution in [2.45, 2.75) is 11.6 Å². The van der Waals surface area contributed by atoms with Crippen molar-refractivity contribution in [1.82, 2.24) is 40.2 Å². The molecule has 5 rings (SSSR count). The molecule has 0 fully saturated rings. The molecule has 186 valence electrons. The molecule has 3 aromatic heterocycles. The normalized spacial score (nSPS) is 11.3. The summed E-state index contributed by atoms with van der Waals surface area (Å²) in [6.07, 6.45) is 1.61. The lowest BCUT2D eigenvalue weighted by atomic mass is 10.2. The average Bonchev–Trinajstić information content (AvgIpc) is 3.57. The number of halogens is 1. The van der Waals surface area contributed by atoms with Crippen LogP contribution in [-0.2, 0) is 16.7 Å². The summed E-state index contributed by atoms with van der Waals surface area (Å²) >= 11 is 5.66. The largest absolute Gasteiger partial charge is 0.321 e. The highest BCUT2D eigenvalue weighted by Gasteiger charge is 2.16. The minimum atomic E-state index is -3.91. The fourth-order valence-corrected chi connectivity index (χ4v) is 4.27. The molecule has 37 heavy (non-hydrogen) atoms. The smallest absolute Gasteiger partial charge is 0.276 e. The Hall–Kier alpha value is -4.69. The summed E-state index contributed by atoms with van der Waals surface area (Å²) in [6, 6.07) is 19.4. The van der Waals surface area contributed by atoms with Gasteiger partial charge in [0.05, 0.1) is 4.90 Å². The van der Waals surface area contributed by atoms with Crippen molar-refractivity contribution in [3.8, 4) is 11.4 Å². The number of hydrogen-bond acceptors (Lipinski definition) is 9. The minimum Gasteiger partial charge on any atom is -0.321 e. The van der Waals surface area contributed by atoms with Crippen molar-refractivity contribution < 1.29 is 13.2 Å². The van der Waals surface area contributed by atoms with Gasteiger partial charge in [0.15, 0.2) is 23.3 Å². The molecule has 0 saturated heterocycles. The number of nitrogens with one attached hydrogen (secondary N) is 2. The maximum Gasteiger partial charge on any atom is 0.276 e. The molecule has 0 saturated carbocycles. The van der Waals surface area contributed by atoms with Crippen LogP contribution in [0.25, 0.3) is 11.4 Å². The lowest BCUT2D eigenvalue weighted by Crippen LogP contribution is -2.16. The maximum absolute atomic E-state index is 12.6. The van der Waals surface area contributed by atoms with Crippen LogP contribution in [0.2, 0.25) is 5.15 Å². The first-order valence-corrected chi connectivity index (χ1v) is 12.5. The summed E-state index contributed by atoms with van der Waals surface area (Å²) in [5.74, 6) is 0.0303. The van der Waals surface area contributed by atoms with Crippen LogP contribution in [-0.4, -0.2) is 54.5 Å². The molecule has 15 heteroatoms. The third kappa shape index (κ3) is 5.76. The van der Waals surface area contributed by atoms with Crippen LogP contribution in [0.3, 0.4) is 0 Å². The van der Waals surface area contributed by atoms with Gasteiger partial charge in [-0.3, -0.25) is 9.52 Å². The molecule has 0 unspecified atom stereocenters. The Balaban J connectivity index is 1.20. The van der Waals surface area contributed by atoms with Crippen molar-refractivity contribution in [2.24, 2.45) is 0 Å². The van der Waals surface area contributed by atoms with Gasteiger partial charge in [-0.1, -0.05) is 41.9 Å². The van der Waals surface area contributed by atoms with Crippen LogP contribution in [0.5, 0.6) is 0 Å². The van der Waals surface area contributed by atoms with E-state index >= 15 is 0 Å². The van der Waals surface area contributed by atoms with Crippen LogP contribution >= 0.6 is 11.6 Å². The first-order valence-electron chi connectivity index (χ1n) is 10.7. The van der Waals surface area contributed by atoms with Gasteiger partial charge in [0.2, 0.25) is 5.82 Å². The maximum atomic E-state index is 12.6. The molecule has 0 aliphatic rings. The summed E-state index contributed by atoms with van der Waals surface area (Å²) < 4.78 is 28.9. The Morgan fingerprint density at radius 2 is 1.68 bits per heavy atom. The number of carbonyl (C=O) groups excluding carboxylic acids is 1. The molecule has 2 N–H and O–H groups in total. The van der Waals surface area contributed by atoms with Gasteiger partial charge in [0, 0.05) is 17.4 Å². The number of carbonyl (C=O) groups is 1. The van der Waals surface area contributed by atoms with Gasteiger partial charge in [-0.25, -0.2) is 13.1 Å². The molecule has 5 aromatic rings. The Bertz CT molecular complexity index is 1640. The average molecular weight is 537 g/mol. The number of rotatable bonds is 8. The lowest BCUT2D eigenvalue weighted by Gasteiger charge is -2.08. The quantitative estimate of drug-likeness (QED) is 0.303.